The van der Waals surface area contributed by atoms with Gasteiger partial charge in [0.05, 0.1) is 0 Å². The minimum Gasteiger partial charge on any atom is -0.309 e. The van der Waals surface area contributed by atoms with E-state index >= 15 is 0 Å². The number of nitrogens with zero attached hydrogens (tertiary/aromatic N) is 1. The van der Waals surface area contributed by atoms with Gasteiger partial charge in [-0.05, 0) is 44.5 Å². The highest BCUT2D eigenvalue weighted by Crippen LogP contribution is 2.34. The van der Waals surface area contributed by atoms with Crippen molar-refractivity contribution in [3.05, 3.63) is 21.4 Å². The summed E-state index contributed by atoms with van der Waals surface area (Å²) in [5.74, 6) is 0. The lowest BCUT2D eigenvalue weighted by atomic mass is 10.0. The zero-order chi connectivity index (χ0) is 11.0. The molecule has 3 rings (SSSR count). The lowest BCUT2D eigenvalue weighted by Crippen LogP contribution is -2.26. The van der Waals surface area contributed by atoms with E-state index < -0.39 is 0 Å². The van der Waals surface area contributed by atoms with E-state index in [4.69, 9.17) is 0 Å². The second-order valence-electron chi connectivity index (χ2n) is 5.09. The topological polar surface area (TPSA) is 15.3 Å². The van der Waals surface area contributed by atoms with Gasteiger partial charge in [0.1, 0.15) is 0 Å². The Morgan fingerprint density at radius 2 is 2.38 bits per heavy atom. The molecule has 0 saturated carbocycles. The van der Waals surface area contributed by atoms with Gasteiger partial charge in [0, 0.05) is 28.9 Å². The molecular weight excluding hydrogens is 216 g/mol. The molecular formula is C13H20N2S. The van der Waals surface area contributed by atoms with Gasteiger partial charge in [-0.1, -0.05) is 6.42 Å². The molecule has 1 aromatic heterocycles. The third kappa shape index (κ3) is 2.04. The third-order valence-electron chi connectivity index (χ3n) is 3.73. The molecule has 0 bridgehead atoms. The first-order chi connectivity index (χ1) is 7.83. The molecule has 1 saturated heterocycles. The normalized spacial score (nSPS) is 26.7. The van der Waals surface area contributed by atoms with E-state index in [0.717, 1.165) is 6.54 Å². The summed E-state index contributed by atoms with van der Waals surface area (Å²) in [6, 6.07) is 3.10. The molecule has 0 radical (unpaired) electrons. The molecule has 16 heavy (non-hydrogen) atoms. The van der Waals surface area contributed by atoms with Crippen molar-refractivity contribution < 1.29 is 0 Å². The smallest absolute Gasteiger partial charge is 0.0415 e. The van der Waals surface area contributed by atoms with Gasteiger partial charge >= 0.3 is 0 Å². The minimum atomic E-state index is 0.648. The molecule has 0 amide bonds. The van der Waals surface area contributed by atoms with Crippen LogP contribution in [-0.4, -0.2) is 25.0 Å². The van der Waals surface area contributed by atoms with Crippen molar-refractivity contribution in [1.82, 2.24) is 10.2 Å². The van der Waals surface area contributed by atoms with Crippen molar-refractivity contribution in [2.45, 2.75) is 38.3 Å². The molecule has 0 aliphatic carbocycles. The SMILES string of the molecule is CN1CCc2sc(C3CCCCN3)cc2C1. The lowest BCUT2D eigenvalue weighted by Gasteiger charge is -2.22. The van der Waals surface area contributed by atoms with Crippen LogP contribution in [0, 0.1) is 0 Å². The predicted molar refractivity (Wildman–Crippen MR) is 69.0 cm³/mol. The first-order valence-electron chi connectivity index (χ1n) is 6.36. The summed E-state index contributed by atoms with van der Waals surface area (Å²) < 4.78 is 0. The number of likely N-dealkylation sites (N-methyl/N-ethyl adjacent to an activating group) is 1. The van der Waals surface area contributed by atoms with Crippen molar-refractivity contribution in [2.75, 3.05) is 20.1 Å². The highest BCUT2D eigenvalue weighted by atomic mass is 32.1. The maximum Gasteiger partial charge on any atom is 0.0415 e. The summed E-state index contributed by atoms with van der Waals surface area (Å²) in [7, 11) is 2.22. The van der Waals surface area contributed by atoms with Crippen molar-refractivity contribution in [1.29, 1.82) is 0 Å². The lowest BCUT2D eigenvalue weighted by molar-refractivity contribution is 0.315. The largest absolute Gasteiger partial charge is 0.309 e. The highest BCUT2D eigenvalue weighted by molar-refractivity contribution is 7.12. The van der Waals surface area contributed by atoms with Crippen LogP contribution in [0.1, 0.15) is 40.6 Å². The summed E-state index contributed by atoms with van der Waals surface area (Å²) in [5, 5.41) is 3.65. The molecule has 3 heterocycles. The molecule has 88 valence electrons. The van der Waals surface area contributed by atoms with Crippen molar-refractivity contribution in [2.24, 2.45) is 0 Å². The fourth-order valence-electron chi connectivity index (χ4n) is 2.76. The molecule has 2 aliphatic rings. The summed E-state index contributed by atoms with van der Waals surface area (Å²) in [5.41, 5.74) is 1.58. The Morgan fingerprint density at radius 1 is 1.44 bits per heavy atom. The molecule has 1 N–H and O–H groups in total. The third-order valence-corrected chi connectivity index (χ3v) is 5.08. The van der Waals surface area contributed by atoms with Crippen LogP contribution in [0.5, 0.6) is 0 Å². The Kier molecular flexibility index (Phi) is 3.01. The number of nitrogens with one attached hydrogen (secondary N) is 1. The molecule has 1 atom stereocenters. The van der Waals surface area contributed by atoms with Crippen LogP contribution in [-0.2, 0) is 13.0 Å². The zero-order valence-corrected chi connectivity index (χ0v) is 10.8. The molecule has 2 aliphatic heterocycles. The van der Waals surface area contributed by atoms with Crippen LogP contribution in [0.3, 0.4) is 0 Å². The van der Waals surface area contributed by atoms with Crippen LogP contribution in [0.2, 0.25) is 0 Å². The van der Waals surface area contributed by atoms with Gasteiger partial charge in [0.15, 0.2) is 0 Å². The Balaban J connectivity index is 1.80. The number of hydrogen-bond acceptors (Lipinski definition) is 3. The van der Waals surface area contributed by atoms with Crippen LogP contribution >= 0.6 is 11.3 Å². The first-order valence-corrected chi connectivity index (χ1v) is 7.18. The molecule has 3 heteroatoms. The van der Waals surface area contributed by atoms with E-state index in [1.807, 2.05) is 0 Å². The molecule has 1 aromatic rings. The van der Waals surface area contributed by atoms with Crippen LogP contribution < -0.4 is 5.32 Å². The molecule has 0 aromatic carbocycles. The Bertz CT molecular complexity index is 366. The monoisotopic (exact) mass is 236 g/mol. The van der Waals surface area contributed by atoms with Gasteiger partial charge in [0.25, 0.3) is 0 Å². The maximum absolute atomic E-state index is 3.65. The van der Waals surface area contributed by atoms with E-state index in [0.29, 0.717) is 6.04 Å². The number of thiophene rings is 1. The highest BCUT2D eigenvalue weighted by Gasteiger charge is 2.21. The van der Waals surface area contributed by atoms with Gasteiger partial charge < -0.3 is 10.2 Å². The number of rotatable bonds is 1. The summed E-state index contributed by atoms with van der Waals surface area (Å²) in [4.78, 5) is 5.65. The van der Waals surface area contributed by atoms with E-state index in [-0.39, 0.29) is 0 Å². The average molecular weight is 236 g/mol. The van der Waals surface area contributed by atoms with E-state index in [9.17, 15) is 0 Å². The summed E-state index contributed by atoms with van der Waals surface area (Å²) >= 11 is 2.05. The van der Waals surface area contributed by atoms with E-state index in [1.165, 1.54) is 38.8 Å². The predicted octanol–water partition coefficient (Wildman–Crippen LogP) is 2.55. The summed E-state index contributed by atoms with van der Waals surface area (Å²) in [6.45, 7) is 3.58. The Labute approximate surface area is 102 Å². The van der Waals surface area contributed by atoms with Gasteiger partial charge in [0.2, 0.25) is 0 Å². The molecule has 0 spiro atoms. The fourth-order valence-corrected chi connectivity index (χ4v) is 4.04. The standard InChI is InChI=1S/C13H20N2S/c1-15-7-5-12-10(9-15)8-13(16-12)11-4-2-3-6-14-11/h8,11,14H,2-7,9H2,1H3. The van der Waals surface area contributed by atoms with Crippen LogP contribution in [0.25, 0.3) is 0 Å². The van der Waals surface area contributed by atoms with Crippen molar-refractivity contribution >= 4 is 11.3 Å². The van der Waals surface area contributed by atoms with Crippen molar-refractivity contribution in [3.8, 4) is 0 Å². The minimum absolute atomic E-state index is 0.648. The Hall–Kier alpha value is -0.380. The quantitative estimate of drug-likeness (QED) is 0.806. The van der Waals surface area contributed by atoms with Gasteiger partial charge in [-0.2, -0.15) is 0 Å². The van der Waals surface area contributed by atoms with Gasteiger partial charge in [-0.3, -0.25) is 0 Å². The zero-order valence-electron chi connectivity index (χ0n) is 9.96. The second-order valence-corrected chi connectivity index (χ2v) is 6.26. The van der Waals surface area contributed by atoms with E-state index in [2.05, 4.69) is 34.7 Å². The molecule has 1 fully saturated rings. The first kappa shape index (κ1) is 10.8. The fraction of sp³-hybridized carbons (Fsp3) is 0.692. The van der Waals surface area contributed by atoms with E-state index in [1.54, 1.807) is 15.3 Å². The van der Waals surface area contributed by atoms with Crippen LogP contribution in [0.15, 0.2) is 6.07 Å². The number of hydrogen-bond donors (Lipinski definition) is 1. The van der Waals surface area contributed by atoms with Crippen molar-refractivity contribution in [3.63, 3.8) is 0 Å². The summed E-state index contributed by atoms with van der Waals surface area (Å²) in [6.07, 6.45) is 5.32. The number of fused-ring (bicyclic) bond motifs is 1. The second kappa shape index (κ2) is 4.47. The van der Waals surface area contributed by atoms with Gasteiger partial charge in [-0.15, -0.1) is 11.3 Å². The number of piperidine rings is 1. The van der Waals surface area contributed by atoms with Gasteiger partial charge in [-0.25, -0.2) is 0 Å². The maximum atomic E-state index is 3.65. The average Bonchev–Trinajstić information content (AvgIpc) is 2.73. The Morgan fingerprint density at radius 3 is 3.19 bits per heavy atom. The van der Waals surface area contributed by atoms with Crippen LogP contribution in [0.4, 0.5) is 0 Å². The molecule has 1 unspecified atom stereocenters. The molecule has 2 nitrogen and oxygen atoms in total.